The molecule has 1 saturated heterocycles. The van der Waals surface area contributed by atoms with Crippen LogP contribution in [0, 0.1) is 0 Å². The lowest BCUT2D eigenvalue weighted by molar-refractivity contribution is -0.121. The highest BCUT2D eigenvalue weighted by molar-refractivity contribution is 7.89. The minimum atomic E-state index is -4.09. The van der Waals surface area contributed by atoms with Crippen molar-refractivity contribution in [2.24, 2.45) is 0 Å². The summed E-state index contributed by atoms with van der Waals surface area (Å²) in [5.74, 6) is -0.553. The summed E-state index contributed by atoms with van der Waals surface area (Å²) in [6.45, 7) is 0.726. The molecule has 1 fully saturated rings. The number of hydrogen-bond donors (Lipinski definition) is 1. The molecule has 0 saturated carbocycles. The molecule has 0 spiro atoms. The monoisotopic (exact) mass is 645 g/mol. The average molecular weight is 647 g/mol. The number of rotatable bonds is 10. The molecule has 0 aliphatic carbocycles. The van der Waals surface area contributed by atoms with E-state index in [1.807, 2.05) is 0 Å². The largest absolute Gasteiger partial charge is 0.379 e. The summed E-state index contributed by atoms with van der Waals surface area (Å²) >= 11 is 18.0. The van der Waals surface area contributed by atoms with Crippen molar-refractivity contribution in [1.82, 2.24) is 13.9 Å². The van der Waals surface area contributed by atoms with Gasteiger partial charge < -0.3 is 10.1 Å². The summed E-state index contributed by atoms with van der Waals surface area (Å²) in [6, 6.07) is 16.5. The standard InChI is InChI=1S/C26H26Cl3N3O6S2/c27-21-4-8-23(9-5-21)40(36,37)32(17-20-3-10-24(28)25(29)15-20)18-26(33)30-16-19-1-6-22(7-2-19)39(34,35)31-11-13-38-14-12-31/h1-10,15H,11-14,16-18H2,(H,30,33). The Hall–Kier alpha value is -2.22. The molecular weight excluding hydrogens is 621 g/mol. The molecule has 0 radical (unpaired) electrons. The molecule has 0 aromatic heterocycles. The smallest absolute Gasteiger partial charge is 0.243 e. The van der Waals surface area contributed by atoms with Crippen molar-refractivity contribution in [1.29, 1.82) is 0 Å². The van der Waals surface area contributed by atoms with E-state index in [0.717, 1.165) is 4.31 Å². The highest BCUT2D eigenvalue weighted by Crippen LogP contribution is 2.26. The van der Waals surface area contributed by atoms with Crippen molar-refractivity contribution in [2.75, 3.05) is 32.8 Å². The van der Waals surface area contributed by atoms with Gasteiger partial charge in [-0.3, -0.25) is 4.79 Å². The van der Waals surface area contributed by atoms with E-state index in [2.05, 4.69) is 5.32 Å². The second-order valence-electron chi connectivity index (χ2n) is 8.91. The Kier molecular flexibility index (Phi) is 10.1. The Balaban J connectivity index is 1.46. The van der Waals surface area contributed by atoms with Gasteiger partial charge >= 0.3 is 0 Å². The number of morpholine rings is 1. The Morgan fingerprint density at radius 3 is 2.05 bits per heavy atom. The zero-order valence-corrected chi connectivity index (χ0v) is 25.0. The van der Waals surface area contributed by atoms with Gasteiger partial charge in [-0.25, -0.2) is 16.8 Å². The Morgan fingerprint density at radius 2 is 1.43 bits per heavy atom. The van der Waals surface area contributed by atoms with Crippen LogP contribution in [0.3, 0.4) is 0 Å². The Morgan fingerprint density at radius 1 is 0.825 bits per heavy atom. The van der Waals surface area contributed by atoms with Gasteiger partial charge in [0.05, 0.1) is 39.6 Å². The number of nitrogens with one attached hydrogen (secondary N) is 1. The van der Waals surface area contributed by atoms with E-state index < -0.39 is 32.5 Å². The molecule has 1 aliphatic heterocycles. The number of carbonyl (C=O) groups is 1. The van der Waals surface area contributed by atoms with Crippen LogP contribution in [0.1, 0.15) is 11.1 Å². The first kappa shape index (κ1) is 30.7. The molecule has 4 rings (SSSR count). The first-order valence-corrected chi connectivity index (χ1v) is 16.1. The van der Waals surface area contributed by atoms with Gasteiger partial charge in [0.25, 0.3) is 0 Å². The van der Waals surface area contributed by atoms with Gasteiger partial charge in [-0.1, -0.05) is 53.0 Å². The summed E-state index contributed by atoms with van der Waals surface area (Å²) in [7, 11) is -7.73. The van der Waals surface area contributed by atoms with Gasteiger partial charge in [0.1, 0.15) is 0 Å². The third-order valence-corrected chi connectivity index (χ3v) is 10.8. The summed E-state index contributed by atoms with van der Waals surface area (Å²) in [5.41, 5.74) is 1.18. The van der Waals surface area contributed by atoms with E-state index in [0.29, 0.717) is 34.4 Å². The van der Waals surface area contributed by atoms with Crippen molar-refractivity contribution in [3.8, 4) is 0 Å². The maximum atomic E-state index is 13.4. The number of halogens is 3. The third kappa shape index (κ3) is 7.54. The maximum absolute atomic E-state index is 13.4. The highest BCUT2D eigenvalue weighted by Gasteiger charge is 2.28. The number of ether oxygens (including phenoxy) is 1. The lowest BCUT2D eigenvalue weighted by Crippen LogP contribution is -2.40. The van der Waals surface area contributed by atoms with Crippen LogP contribution in [-0.4, -0.2) is 64.2 Å². The van der Waals surface area contributed by atoms with Crippen LogP contribution >= 0.6 is 34.8 Å². The Bertz CT molecular complexity index is 1560. The van der Waals surface area contributed by atoms with Gasteiger partial charge in [0.15, 0.2) is 0 Å². The summed E-state index contributed by atoms with van der Waals surface area (Å²) < 4.78 is 60.2. The first-order chi connectivity index (χ1) is 19.0. The zero-order chi connectivity index (χ0) is 28.9. The van der Waals surface area contributed by atoms with Crippen molar-refractivity contribution in [3.63, 3.8) is 0 Å². The van der Waals surface area contributed by atoms with E-state index in [1.54, 1.807) is 30.3 Å². The number of amides is 1. The van der Waals surface area contributed by atoms with Gasteiger partial charge in [-0.2, -0.15) is 8.61 Å². The lowest BCUT2D eigenvalue weighted by atomic mass is 10.2. The summed E-state index contributed by atoms with van der Waals surface area (Å²) in [5, 5.41) is 3.65. The highest BCUT2D eigenvalue weighted by atomic mass is 35.5. The molecule has 1 N–H and O–H groups in total. The minimum Gasteiger partial charge on any atom is -0.379 e. The van der Waals surface area contributed by atoms with E-state index in [-0.39, 0.29) is 41.0 Å². The second-order valence-corrected chi connectivity index (χ2v) is 14.0. The van der Waals surface area contributed by atoms with Crippen LogP contribution in [0.5, 0.6) is 0 Å². The molecule has 0 atom stereocenters. The van der Waals surface area contributed by atoms with Crippen molar-refractivity contribution in [3.05, 3.63) is 92.9 Å². The van der Waals surface area contributed by atoms with Crippen LogP contribution in [0.15, 0.2) is 76.5 Å². The second kappa shape index (κ2) is 13.2. The first-order valence-electron chi connectivity index (χ1n) is 12.1. The SMILES string of the molecule is O=C(CN(Cc1ccc(Cl)c(Cl)c1)S(=O)(=O)c1ccc(Cl)cc1)NCc1ccc(S(=O)(=O)N2CCOCC2)cc1. The fraction of sp³-hybridized carbons (Fsp3) is 0.269. The molecular formula is C26H26Cl3N3O6S2. The molecule has 214 valence electrons. The lowest BCUT2D eigenvalue weighted by Gasteiger charge is -2.26. The van der Waals surface area contributed by atoms with Crippen LogP contribution in [0.25, 0.3) is 0 Å². The maximum Gasteiger partial charge on any atom is 0.243 e. The summed E-state index contributed by atoms with van der Waals surface area (Å²) in [6.07, 6.45) is 0. The molecule has 1 aliphatic rings. The molecule has 40 heavy (non-hydrogen) atoms. The average Bonchev–Trinajstić information content (AvgIpc) is 2.94. The van der Waals surface area contributed by atoms with Gasteiger partial charge in [0.2, 0.25) is 26.0 Å². The van der Waals surface area contributed by atoms with E-state index in [4.69, 9.17) is 39.5 Å². The molecule has 0 bridgehead atoms. The summed E-state index contributed by atoms with van der Waals surface area (Å²) in [4.78, 5) is 13.0. The predicted octanol–water partition coefficient (Wildman–Crippen LogP) is 4.18. The van der Waals surface area contributed by atoms with Crippen molar-refractivity contribution < 1.29 is 26.4 Å². The predicted molar refractivity (Wildman–Crippen MR) is 153 cm³/mol. The topological polar surface area (TPSA) is 113 Å². The minimum absolute atomic E-state index is 0.0261. The molecule has 3 aromatic rings. The molecule has 1 heterocycles. The molecule has 9 nitrogen and oxygen atoms in total. The van der Waals surface area contributed by atoms with E-state index in [9.17, 15) is 21.6 Å². The van der Waals surface area contributed by atoms with Crippen LogP contribution in [0.2, 0.25) is 15.1 Å². The van der Waals surface area contributed by atoms with E-state index >= 15 is 0 Å². The third-order valence-electron chi connectivity index (χ3n) is 6.14. The Labute approximate surface area is 248 Å². The number of nitrogens with zero attached hydrogens (tertiary/aromatic N) is 2. The van der Waals surface area contributed by atoms with Gasteiger partial charge in [0, 0.05) is 31.2 Å². The van der Waals surface area contributed by atoms with Crippen LogP contribution < -0.4 is 5.32 Å². The van der Waals surface area contributed by atoms with Crippen LogP contribution in [-0.2, 0) is 42.7 Å². The molecule has 1 amide bonds. The van der Waals surface area contributed by atoms with Crippen LogP contribution in [0.4, 0.5) is 0 Å². The quantitative estimate of drug-likeness (QED) is 0.354. The number of hydrogen-bond acceptors (Lipinski definition) is 6. The van der Waals surface area contributed by atoms with Crippen molar-refractivity contribution in [2.45, 2.75) is 22.9 Å². The molecule has 3 aromatic carbocycles. The number of benzene rings is 3. The number of carbonyl (C=O) groups excluding carboxylic acids is 1. The van der Waals surface area contributed by atoms with E-state index in [1.165, 1.54) is 40.7 Å². The molecule has 14 heteroatoms. The molecule has 0 unspecified atom stereocenters. The van der Waals surface area contributed by atoms with Crippen molar-refractivity contribution >= 4 is 60.8 Å². The zero-order valence-electron chi connectivity index (χ0n) is 21.1. The van der Waals surface area contributed by atoms with Gasteiger partial charge in [-0.15, -0.1) is 0 Å². The fourth-order valence-electron chi connectivity index (χ4n) is 3.96. The van der Waals surface area contributed by atoms with Gasteiger partial charge in [-0.05, 0) is 59.7 Å². The number of sulfonamides is 2. The normalized spacial score (nSPS) is 14.8. The fourth-order valence-corrected chi connectivity index (χ4v) is 7.19.